The largest absolute Gasteiger partial charge is 0.355 e. The van der Waals surface area contributed by atoms with Gasteiger partial charge in [0, 0.05) is 32.7 Å². The topological polar surface area (TPSA) is 69.7 Å². The molecule has 0 aliphatic carbocycles. The Morgan fingerprint density at radius 1 is 1.26 bits per heavy atom. The van der Waals surface area contributed by atoms with E-state index in [9.17, 15) is 17.6 Å². The monoisotopic (exact) mass is 343 g/mol. The van der Waals surface area contributed by atoms with Gasteiger partial charge in [0.2, 0.25) is 15.9 Å². The van der Waals surface area contributed by atoms with Crippen molar-refractivity contribution in [3.05, 3.63) is 30.1 Å². The summed E-state index contributed by atoms with van der Waals surface area (Å²) in [5, 5.41) is 2.76. The standard InChI is InChI=1S/C15H22FN3O3S/c1-3-17-15(20)12(2)18-8-10-19(11-9-18)23(21,22)14-7-5-4-6-13(14)16/h4-7,12H,3,8-11H2,1-2H3,(H,17,20)/t12-/m0/s1. The predicted octanol–water partition coefficient (Wildman–Crippen LogP) is 0.657. The first-order valence-corrected chi connectivity index (χ1v) is 9.08. The zero-order valence-electron chi connectivity index (χ0n) is 13.3. The van der Waals surface area contributed by atoms with Gasteiger partial charge >= 0.3 is 0 Å². The van der Waals surface area contributed by atoms with E-state index in [1.54, 1.807) is 6.92 Å². The van der Waals surface area contributed by atoms with Crippen molar-refractivity contribution in [1.82, 2.24) is 14.5 Å². The molecular weight excluding hydrogens is 321 g/mol. The Balaban J connectivity index is 2.04. The van der Waals surface area contributed by atoms with Crippen molar-refractivity contribution in [2.45, 2.75) is 24.8 Å². The number of benzene rings is 1. The Kier molecular flexibility index (Phi) is 5.72. The maximum absolute atomic E-state index is 13.8. The second-order valence-electron chi connectivity index (χ2n) is 5.44. The second-order valence-corrected chi connectivity index (χ2v) is 7.35. The van der Waals surface area contributed by atoms with E-state index in [0.717, 1.165) is 6.07 Å². The average Bonchev–Trinajstić information content (AvgIpc) is 2.54. The van der Waals surface area contributed by atoms with Crippen LogP contribution < -0.4 is 5.32 Å². The zero-order chi connectivity index (χ0) is 17.0. The van der Waals surface area contributed by atoms with Crippen molar-refractivity contribution >= 4 is 15.9 Å². The maximum atomic E-state index is 13.8. The Morgan fingerprint density at radius 3 is 2.43 bits per heavy atom. The molecule has 0 bridgehead atoms. The molecule has 1 aliphatic heterocycles. The number of hydrogen-bond acceptors (Lipinski definition) is 4. The number of rotatable bonds is 5. The van der Waals surface area contributed by atoms with Crippen LogP contribution >= 0.6 is 0 Å². The minimum absolute atomic E-state index is 0.0714. The molecule has 0 spiro atoms. The number of halogens is 1. The van der Waals surface area contributed by atoms with Gasteiger partial charge in [0.15, 0.2) is 0 Å². The third-order valence-corrected chi connectivity index (χ3v) is 5.94. The number of nitrogens with zero attached hydrogens (tertiary/aromatic N) is 2. The van der Waals surface area contributed by atoms with Crippen molar-refractivity contribution in [2.75, 3.05) is 32.7 Å². The van der Waals surface area contributed by atoms with Crippen molar-refractivity contribution in [2.24, 2.45) is 0 Å². The van der Waals surface area contributed by atoms with Crippen LogP contribution in [0.15, 0.2) is 29.2 Å². The highest BCUT2D eigenvalue weighted by molar-refractivity contribution is 7.89. The van der Waals surface area contributed by atoms with Crippen molar-refractivity contribution in [3.63, 3.8) is 0 Å². The van der Waals surface area contributed by atoms with Crippen molar-refractivity contribution in [3.8, 4) is 0 Å². The van der Waals surface area contributed by atoms with Gasteiger partial charge in [0.05, 0.1) is 6.04 Å². The first-order valence-electron chi connectivity index (χ1n) is 7.64. The molecular formula is C15H22FN3O3S. The van der Waals surface area contributed by atoms with Crippen molar-refractivity contribution < 1.29 is 17.6 Å². The molecule has 23 heavy (non-hydrogen) atoms. The van der Waals surface area contributed by atoms with Crippen LogP contribution in [0.4, 0.5) is 4.39 Å². The van der Waals surface area contributed by atoms with E-state index in [2.05, 4.69) is 5.32 Å². The number of carbonyl (C=O) groups excluding carboxylic acids is 1. The first kappa shape index (κ1) is 17.8. The van der Waals surface area contributed by atoms with Crippen LogP contribution in [-0.2, 0) is 14.8 Å². The summed E-state index contributed by atoms with van der Waals surface area (Å²) in [5.41, 5.74) is 0. The summed E-state index contributed by atoms with van der Waals surface area (Å²) in [6.45, 7) is 5.55. The van der Waals surface area contributed by atoms with E-state index in [1.807, 2.05) is 11.8 Å². The lowest BCUT2D eigenvalue weighted by Crippen LogP contribution is -2.54. The number of sulfonamides is 1. The van der Waals surface area contributed by atoms with Gasteiger partial charge in [-0.25, -0.2) is 12.8 Å². The number of carbonyl (C=O) groups is 1. The Hall–Kier alpha value is -1.51. The molecule has 1 N–H and O–H groups in total. The number of likely N-dealkylation sites (N-methyl/N-ethyl adjacent to an activating group) is 1. The molecule has 1 amide bonds. The van der Waals surface area contributed by atoms with Gasteiger partial charge in [-0.1, -0.05) is 12.1 Å². The minimum atomic E-state index is -3.84. The summed E-state index contributed by atoms with van der Waals surface area (Å²) < 4.78 is 40.1. The summed E-state index contributed by atoms with van der Waals surface area (Å²) in [5.74, 6) is -0.816. The maximum Gasteiger partial charge on any atom is 0.246 e. The molecule has 128 valence electrons. The van der Waals surface area contributed by atoms with Gasteiger partial charge in [0.1, 0.15) is 10.7 Å². The predicted molar refractivity (Wildman–Crippen MR) is 84.9 cm³/mol. The minimum Gasteiger partial charge on any atom is -0.355 e. The summed E-state index contributed by atoms with van der Waals surface area (Å²) in [7, 11) is -3.84. The van der Waals surface area contributed by atoms with Crippen LogP contribution in [-0.4, -0.2) is 62.3 Å². The fraction of sp³-hybridized carbons (Fsp3) is 0.533. The highest BCUT2D eigenvalue weighted by Gasteiger charge is 2.32. The Bertz CT molecular complexity index is 658. The normalized spacial score (nSPS) is 18.6. The van der Waals surface area contributed by atoms with Crippen LogP contribution in [0, 0.1) is 5.82 Å². The molecule has 1 aromatic rings. The van der Waals surface area contributed by atoms with Crippen LogP contribution in [0.5, 0.6) is 0 Å². The van der Waals surface area contributed by atoms with Gasteiger partial charge in [-0.2, -0.15) is 4.31 Å². The molecule has 1 fully saturated rings. The highest BCUT2D eigenvalue weighted by atomic mass is 32.2. The van der Waals surface area contributed by atoms with E-state index in [0.29, 0.717) is 19.6 Å². The number of amides is 1. The average molecular weight is 343 g/mol. The molecule has 2 rings (SSSR count). The van der Waals surface area contributed by atoms with E-state index < -0.39 is 15.8 Å². The number of piperazine rings is 1. The third-order valence-electron chi connectivity index (χ3n) is 4.01. The molecule has 1 heterocycles. The van der Waals surface area contributed by atoms with E-state index in [4.69, 9.17) is 0 Å². The fourth-order valence-electron chi connectivity index (χ4n) is 2.61. The van der Waals surface area contributed by atoms with Gasteiger partial charge in [-0.3, -0.25) is 9.69 Å². The van der Waals surface area contributed by atoms with Crippen LogP contribution in [0.25, 0.3) is 0 Å². The summed E-state index contributed by atoms with van der Waals surface area (Å²) in [4.78, 5) is 13.5. The lowest BCUT2D eigenvalue weighted by molar-refractivity contribution is -0.126. The molecule has 0 aromatic heterocycles. The van der Waals surface area contributed by atoms with E-state index >= 15 is 0 Å². The SMILES string of the molecule is CCNC(=O)[C@H](C)N1CCN(S(=O)(=O)c2ccccc2F)CC1. The number of nitrogens with one attached hydrogen (secondary N) is 1. The van der Waals surface area contributed by atoms with Gasteiger partial charge in [0.25, 0.3) is 0 Å². The molecule has 0 unspecified atom stereocenters. The summed E-state index contributed by atoms with van der Waals surface area (Å²) >= 11 is 0. The lowest BCUT2D eigenvalue weighted by Gasteiger charge is -2.36. The van der Waals surface area contributed by atoms with E-state index in [-0.39, 0.29) is 29.9 Å². The molecule has 0 saturated carbocycles. The Labute approximate surface area is 136 Å². The molecule has 8 heteroatoms. The quantitative estimate of drug-likeness (QED) is 0.853. The van der Waals surface area contributed by atoms with Crippen LogP contribution in [0.3, 0.4) is 0 Å². The number of hydrogen-bond donors (Lipinski definition) is 1. The molecule has 1 atom stereocenters. The van der Waals surface area contributed by atoms with Crippen molar-refractivity contribution in [1.29, 1.82) is 0 Å². The van der Waals surface area contributed by atoms with Gasteiger partial charge < -0.3 is 5.32 Å². The van der Waals surface area contributed by atoms with Gasteiger partial charge in [-0.05, 0) is 26.0 Å². The molecule has 1 aromatic carbocycles. The first-order chi connectivity index (χ1) is 10.9. The van der Waals surface area contributed by atoms with E-state index in [1.165, 1.54) is 22.5 Å². The molecule has 1 saturated heterocycles. The third kappa shape index (κ3) is 3.88. The molecule has 6 nitrogen and oxygen atoms in total. The van der Waals surface area contributed by atoms with Gasteiger partial charge in [-0.15, -0.1) is 0 Å². The summed E-state index contributed by atoms with van der Waals surface area (Å²) in [6.07, 6.45) is 0. The smallest absolute Gasteiger partial charge is 0.246 e. The lowest BCUT2D eigenvalue weighted by atomic mass is 10.2. The zero-order valence-corrected chi connectivity index (χ0v) is 14.1. The summed E-state index contributed by atoms with van der Waals surface area (Å²) in [6, 6.07) is 5.06. The molecule has 1 aliphatic rings. The van der Waals surface area contributed by atoms with Crippen LogP contribution in [0.1, 0.15) is 13.8 Å². The second kappa shape index (κ2) is 7.37. The fourth-order valence-corrected chi connectivity index (χ4v) is 4.10. The highest BCUT2D eigenvalue weighted by Crippen LogP contribution is 2.20. The Morgan fingerprint density at radius 2 is 1.87 bits per heavy atom. The van der Waals surface area contributed by atoms with Crippen LogP contribution in [0.2, 0.25) is 0 Å². The molecule has 0 radical (unpaired) electrons.